The van der Waals surface area contributed by atoms with E-state index in [1.54, 1.807) is 7.05 Å². The summed E-state index contributed by atoms with van der Waals surface area (Å²) >= 11 is 5.88. The summed E-state index contributed by atoms with van der Waals surface area (Å²) in [5.74, 6) is 0.115. The van der Waals surface area contributed by atoms with Crippen molar-refractivity contribution >= 4 is 37.3 Å². The van der Waals surface area contributed by atoms with Crippen LogP contribution >= 0.6 is 20.3 Å². The summed E-state index contributed by atoms with van der Waals surface area (Å²) in [5.41, 5.74) is -0.951. The Bertz CT molecular complexity index is 813. The van der Waals surface area contributed by atoms with E-state index in [2.05, 4.69) is 20.3 Å². The highest BCUT2D eigenvalue weighted by Gasteiger charge is 2.56. The summed E-state index contributed by atoms with van der Waals surface area (Å²) in [4.78, 5) is 12.5. The molecule has 0 spiro atoms. The first kappa shape index (κ1) is 19.1. The molecule has 0 amide bonds. The fourth-order valence-electron chi connectivity index (χ4n) is 2.78. The molecule has 3 heterocycles. The molecule has 1 aliphatic rings. The molecule has 0 aliphatic carbocycles. The van der Waals surface area contributed by atoms with Crippen molar-refractivity contribution in [3.05, 3.63) is 6.33 Å². The Morgan fingerprint density at radius 1 is 1.58 bits per heavy atom. The van der Waals surface area contributed by atoms with Crippen LogP contribution in [0.15, 0.2) is 6.33 Å². The number of methoxy groups -OCH3 is 1. The van der Waals surface area contributed by atoms with E-state index in [0.29, 0.717) is 11.3 Å². The summed E-state index contributed by atoms with van der Waals surface area (Å²) < 4.78 is 42.2. The molecule has 2 aromatic rings. The van der Waals surface area contributed by atoms with Crippen LogP contribution in [0.5, 0.6) is 6.01 Å². The molecule has 0 unspecified atom stereocenters. The Balaban J connectivity index is 2.05. The van der Waals surface area contributed by atoms with Crippen LogP contribution < -0.4 is 10.1 Å². The van der Waals surface area contributed by atoms with Gasteiger partial charge in [0.15, 0.2) is 29.4 Å². The van der Waals surface area contributed by atoms with Gasteiger partial charge in [0, 0.05) is 7.05 Å². The monoisotopic (exact) mass is 407 g/mol. The number of ether oxygens (including phenoxy) is 2. The van der Waals surface area contributed by atoms with Gasteiger partial charge in [-0.25, -0.2) is 13.9 Å². The lowest BCUT2D eigenvalue weighted by Gasteiger charge is -2.27. The van der Waals surface area contributed by atoms with E-state index >= 15 is 0 Å². The van der Waals surface area contributed by atoms with Crippen LogP contribution in [0.4, 0.5) is 10.2 Å². The van der Waals surface area contributed by atoms with Crippen molar-refractivity contribution in [2.75, 3.05) is 32.0 Å². The highest BCUT2D eigenvalue weighted by Crippen LogP contribution is 2.42. The minimum absolute atomic E-state index is 0.0506. The Kier molecular flexibility index (Phi) is 5.54. The van der Waals surface area contributed by atoms with Crippen molar-refractivity contribution < 1.29 is 28.1 Å². The number of fused-ring (bicyclic) bond motifs is 1. The molecule has 0 radical (unpaired) electrons. The molecule has 1 aliphatic heterocycles. The summed E-state index contributed by atoms with van der Waals surface area (Å²) in [5, 5.41) is 13.2. The van der Waals surface area contributed by atoms with Gasteiger partial charge in [-0.1, -0.05) is 0 Å². The van der Waals surface area contributed by atoms with Gasteiger partial charge in [-0.3, -0.25) is 9.09 Å². The average molecular weight is 408 g/mol. The summed E-state index contributed by atoms with van der Waals surface area (Å²) in [6, 6.07) is 0.0506. The van der Waals surface area contributed by atoms with E-state index < -0.39 is 32.8 Å². The van der Waals surface area contributed by atoms with E-state index in [1.807, 2.05) is 0 Å². The van der Waals surface area contributed by atoms with Gasteiger partial charge in [0.05, 0.1) is 25.9 Å². The fraction of sp³-hybridized carbons (Fsp3) is 0.615. The number of halogens is 2. The molecule has 26 heavy (non-hydrogen) atoms. The topological polar surface area (TPSA) is 121 Å². The van der Waals surface area contributed by atoms with Gasteiger partial charge in [-0.15, -0.1) is 11.6 Å². The Morgan fingerprint density at radius 2 is 2.35 bits per heavy atom. The SMILES string of the molecule is CNc1nc(OC)nc2c1ncn2[C@@H]1O[C@](CCl)(COP=O)[C@@H](O)[C@H]1F. The Labute approximate surface area is 153 Å². The van der Waals surface area contributed by atoms with Gasteiger partial charge in [-0.05, 0) is 0 Å². The summed E-state index contributed by atoms with van der Waals surface area (Å²) in [6.07, 6.45) is -3.40. The first-order valence-corrected chi connectivity index (χ1v) is 8.74. The number of imidazole rings is 1. The highest BCUT2D eigenvalue weighted by molar-refractivity contribution is 7.17. The maximum absolute atomic E-state index is 14.8. The van der Waals surface area contributed by atoms with Crippen molar-refractivity contribution in [3.8, 4) is 6.01 Å². The molecule has 4 atom stereocenters. The lowest BCUT2D eigenvalue weighted by atomic mass is 9.99. The molecule has 142 valence electrons. The number of hydrogen-bond donors (Lipinski definition) is 2. The average Bonchev–Trinajstić information content (AvgIpc) is 3.20. The first-order chi connectivity index (χ1) is 12.5. The van der Waals surface area contributed by atoms with Crippen LogP contribution in [0, 0.1) is 0 Å². The molecule has 2 aromatic heterocycles. The van der Waals surface area contributed by atoms with Crippen LogP contribution in [-0.4, -0.2) is 69.1 Å². The zero-order chi connectivity index (χ0) is 18.9. The molecule has 0 bridgehead atoms. The Morgan fingerprint density at radius 3 is 2.96 bits per heavy atom. The molecule has 10 nitrogen and oxygen atoms in total. The summed E-state index contributed by atoms with van der Waals surface area (Å²) in [6.45, 7) is -0.355. The minimum atomic E-state index is -1.85. The van der Waals surface area contributed by atoms with Gasteiger partial charge in [0.1, 0.15) is 11.7 Å². The van der Waals surface area contributed by atoms with Gasteiger partial charge in [0.25, 0.3) is 0 Å². The first-order valence-electron chi connectivity index (χ1n) is 7.48. The van der Waals surface area contributed by atoms with Gasteiger partial charge in [0.2, 0.25) is 0 Å². The number of aliphatic hydroxyl groups excluding tert-OH is 1. The van der Waals surface area contributed by atoms with Gasteiger partial charge < -0.3 is 19.9 Å². The van der Waals surface area contributed by atoms with Crippen LogP contribution in [-0.2, 0) is 13.8 Å². The molecule has 1 saturated heterocycles. The van der Waals surface area contributed by atoms with Crippen LogP contribution in [0.3, 0.4) is 0 Å². The van der Waals surface area contributed by atoms with E-state index in [9.17, 15) is 14.1 Å². The maximum Gasteiger partial charge on any atom is 0.327 e. The highest BCUT2D eigenvalue weighted by atomic mass is 35.5. The quantitative estimate of drug-likeness (QED) is 0.516. The lowest BCUT2D eigenvalue weighted by Crippen LogP contribution is -2.47. The number of rotatable bonds is 7. The largest absolute Gasteiger partial charge is 0.467 e. The van der Waals surface area contributed by atoms with Crippen LogP contribution in [0.2, 0.25) is 0 Å². The lowest BCUT2D eigenvalue weighted by molar-refractivity contribution is -0.106. The van der Waals surface area contributed by atoms with Crippen molar-refractivity contribution in [2.24, 2.45) is 0 Å². The second-order valence-electron chi connectivity index (χ2n) is 5.58. The zero-order valence-corrected chi connectivity index (χ0v) is 15.4. The maximum atomic E-state index is 14.8. The molecule has 3 rings (SSSR count). The van der Waals surface area contributed by atoms with Gasteiger partial charge >= 0.3 is 14.7 Å². The number of anilines is 1. The van der Waals surface area contributed by atoms with Crippen LogP contribution in [0.1, 0.15) is 6.23 Å². The van der Waals surface area contributed by atoms with Crippen LogP contribution in [0.25, 0.3) is 11.2 Å². The third-order valence-corrected chi connectivity index (χ3v) is 4.84. The van der Waals surface area contributed by atoms with Crippen molar-refractivity contribution in [2.45, 2.75) is 24.1 Å². The second-order valence-corrected chi connectivity index (χ2v) is 6.25. The standard InChI is InChI=1S/C13H16ClFN5O5P/c1-16-9-7-10(19-12(18-9)23-2)20(5-17-7)11-6(15)8(21)13(3-14,25-11)4-24-26-22/h5-6,8,11,21H,3-4H2,1-2H3,(H,16,18,19)/t6-,8+,11-,13-/m1/s1. The molecule has 0 saturated carbocycles. The predicted octanol–water partition coefficient (Wildman–Crippen LogP) is 1.31. The minimum Gasteiger partial charge on any atom is -0.467 e. The van der Waals surface area contributed by atoms with Crippen molar-refractivity contribution in [1.82, 2.24) is 19.5 Å². The number of nitrogens with one attached hydrogen (secondary N) is 1. The number of aliphatic hydroxyl groups is 1. The predicted molar refractivity (Wildman–Crippen MR) is 89.5 cm³/mol. The number of nitrogens with zero attached hydrogens (tertiary/aromatic N) is 4. The molecular formula is C13H16ClFN5O5P. The molecule has 1 fully saturated rings. The third-order valence-electron chi connectivity index (χ3n) is 4.15. The Hall–Kier alpha value is -1.65. The van der Waals surface area contributed by atoms with Gasteiger partial charge in [-0.2, -0.15) is 9.97 Å². The number of hydrogen-bond acceptors (Lipinski definition) is 9. The normalized spacial score (nSPS) is 28.7. The van der Waals surface area contributed by atoms with Crippen molar-refractivity contribution in [3.63, 3.8) is 0 Å². The van der Waals surface area contributed by atoms with E-state index in [0.717, 1.165) is 0 Å². The molecular weight excluding hydrogens is 392 g/mol. The summed E-state index contributed by atoms with van der Waals surface area (Å²) in [7, 11) is 2.41. The molecule has 0 aromatic carbocycles. The number of aromatic nitrogens is 4. The molecule has 13 heteroatoms. The second kappa shape index (κ2) is 7.53. The number of alkyl halides is 2. The smallest absolute Gasteiger partial charge is 0.327 e. The van der Waals surface area contributed by atoms with E-state index in [1.165, 1.54) is 18.0 Å². The zero-order valence-electron chi connectivity index (χ0n) is 13.8. The van der Waals surface area contributed by atoms with E-state index in [-0.39, 0.29) is 24.1 Å². The van der Waals surface area contributed by atoms with E-state index in [4.69, 9.17) is 25.6 Å². The third kappa shape index (κ3) is 2.99. The fourth-order valence-corrected chi connectivity index (χ4v) is 3.35. The molecule has 2 N–H and O–H groups in total. The van der Waals surface area contributed by atoms with Crippen molar-refractivity contribution in [1.29, 1.82) is 0 Å².